The molecule has 1 fully saturated rings. The maximum absolute atomic E-state index is 12.9. The van der Waals surface area contributed by atoms with E-state index in [1.807, 2.05) is 0 Å². The van der Waals surface area contributed by atoms with Crippen molar-refractivity contribution in [2.24, 2.45) is 0 Å². The molecule has 1 aliphatic rings. The standard InChI is InChI=1S/C16H14BrCl2NO3S/c17-14-3-1-2-4-16(14)24(21,22)20-5-6-23-15(10-20)11-7-12(18)9-13(19)8-11/h1-4,7-9,15H,5-6,10H2/t15-/m1/s1. The SMILES string of the molecule is O=S(=O)(c1ccccc1Br)N1CCO[C@@H](c2cc(Cl)cc(Cl)c2)C1. The highest BCUT2D eigenvalue weighted by atomic mass is 79.9. The van der Waals surface area contributed by atoms with Gasteiger partial charge in [0.25, 0.3) is 0 Å². The maximum Gasteiger partial charge on any atom is 0.244 e. The summed E-state index contributed by atoms with van der Waals surface area (Å²) in [6.07, 6.45) is -0.410. The summed E-state index contributed by atoms with van der Waals surface area (Å²) >= 11 is 15.4. The second kappa shape index (κ2) is 7.32. The monoisotopic (exact) mass is 449 g/mol. The van der Waals surface area contributed by atoms with E-state index in [1.165, 1.54) is 4.31 Å². The number of hydrogen-bond acceptors (Lipinski definition) is 3. The van der Waals surface area contributed by atoms with Crippen molar-refractivity contribution < 1.29 is 13.2 Å². The summed E-state index contributed by atoms with van der Waals surface area (Å²) in [5, 5.41) is 0.985. The molecule has 0 saturated carbocycles. The summed E-state index contributed by atoms with van der Waals surface area (Å²) in [6.45, 7) is 0.813. The summed E-state index contributed by atoms with van der Waals surface area (Å²) in [5.41, 5.74) is 0.763. The van der Waals surface area contributed by atoms with Gasteiger partial charge in [-0.15, -0.1) is 0 Å². The third-order valence-electron chi connectivity index (χ3n) is 3.74. The Kier molecular flexibility index (Phi) is 5.54. The Morgan fingerprint density at radius 2 is 1.79 bits per heavy atom. The molecule has 1 saturated heterocycles. The zero-order valence-electron chi connectivity index (χ0n) is 12.5. The molecular formula is C16H14BrCl2NO3S. The Balaban J connectivity index is 1.89. The minimum Gasteiger partial charge on any atom is -0.371 e. The molecule has 1 heterocycles. The van der Waals surface area contributed by atoms with E-state index < -0.39 is 16.1 Å². The largest absolute Gasteiger partial charge is 0.371 e. The minimum atomic E-state index is -3.61. The van der Waals surface area contributed by atoms with E-state index in [9.17, 15) is 8.42 Å². The van der Waals surface area contributed by atoms with Crippen LogP contribution in [0.25, 0.3) is 0 Å². The molecule has 0 aliphatic carbocycles. The van der Waals surface area contributed by atoms with E-state index in [0.29, 0.717) is 27.7 Å². The van der Waals surface area contributed by atoms with Gasteiger partial charge >= 0.3 is 0 Å². The lowest BCUT2D eigenvalue weighted by Gasteiger charge is -2.32. The van der Waals surface area contributed by atoms with Crippen LogP contribution in [-0.2, 0) is 14.8 Å². The van der Waals surface area contributed by atoms with E-state index in [2.05, 4.69) is 15.9 Å². The fourth-order valence-electron chi connectivity index (χ4n) is 2.60. The first-order valence-electron chi connectivity index (χ1n) is 7.20. The van der Waals surface area contributed by atoms with Gasteiger partial charge in [-0.05, 0) is 51.8 Å². The molecule has 0 aromatic heterocycles. The van der Waals surface area contributed by atoms with Gasteiger partial charge in [0.1, 0.15) is 0 Å². The quantitative estimate of drug-likeness (QED) is 0.690. The van der Waals surface area contributed by atoms with Gasteiger partial charge in [-0.2, -0.15) is 4.31 Å². The predicted molar refractivity (Wildman–Crippen MR) is 98.1 cm³/mol. The first kappa shape index (κ1) is 18.2. The van der Waals surface area contributed by atoms with Crippen LogP contribution in [0.15, 0.2) is 51.8 Å². The minimum absolute atomic E-state index is 0.209. The molecule has 0 spiro atoms. The molecule has 0 radical (unpaired) electrons. The van der Waals surface area contributed by atoms with Crippen molar-refractivity contribution in [2.45, 2.75) is 11.0 Å². The van der Waals surface area contributed by atoms with Gasteiger partial charge in [-0.25, -0.2) is 8.42 Å². The van der Waals surface area contributed by atoms with Crippen LogP contribution < -0.4 is 0 Å². The van der Waals surface area contributed by atoms with Crippen LogP contribution in [-0.4, -0.2) is 32.4 Å². The maximum atomic E-state index is 12.9. The summed E-state index contributed by atoms with van der Waals surface area (Å²) in [4.78, 5) is 0.245. The summed E-state index contributed by atoms with van der Waals surface area (Å²) in [6, 6.07) is 11.9. The van der Waals surface area contributed by atoms with Gasteiger partial charge in [0.2, 0.25) is 10.0 Å². The molecule has 128 valence electrons. The van der Waals surface area contributed by atoms with Crippen LogP contribution in [0.4, 0.5) is 0 Å². The Morgan fingerprint density at radius 3 is 2.46 bits per heavy atom. The molecule has 0 amide bonds. The van der Waals surface area contributed by atoms with E-state index in [1.54, 1.807) is 42.5 Å². The first-order valence-corrected chi connectivity index (χ1v) is 10.2. The predicted octanol–water partition coefficient (Wildman–Crippen LogP) is 4.52. The fraction of sp³-hybridized carbons (Fsp3) is 0.250. The molecule has 1 atom stereocenters. The van der Waals surface area contributed by atoms with Gasteiger partial charge < -0.3 is 4.74 Å². The van der Waals surface area contributed by atoms with Gasteiger partial charge in [-0.3, -0.25) is 0 Å². The fourth-order valence-corrected chi connectivity index (χ4v) is 5.53. The summed E-state index contributed by atoms with van der Waals surface area (Å²) in [5.74, 6) is 0. The van der Waals surface area contributed by atoms with Crippen molar-refractivity contribution in [1.29, 1.82) is 0 Å². The number of halogens is 3. The van der Waals surface area contributed by atoms with Gasteiger partial charge in [0, 0.05) is 27.6 Å². The second-order valence-corrected chi connectivity index (χ2v) is 8.99. The Labute approximate surface area is 159 Å². The molecular weight excluding hydrogens is 437 g/mol. The number of nitrogens with zero attached hydrogens (tertiary/aromatic N) is 1. The zero-order valence-corrected chi connectivity index (χ0v) is 16.4. The van der Waals surface area contributed by atoms with E-state index in [-0.39, 0.29) is 11.4 Å². The highest BCUT2D eigenvalue weighted by molar-refractivity contribution is 9.10. The van der Waals surface area contributed by atoms with Gasteiger partial charge in [0.15, 0.2) is 0 Å². The third-order valence-corrected chi connectivity index (χ3v) is 7.05. The normalized spacial score (nSPS) is 19.4. The Morgan fingerprint density at radius 1 is 1.12 bits per heavy atom. The van der Waals surface area contributed by atoms with E-state index in [4.69, 9.17) is 27.9 Å². The third kappa shape index (κ3) is 3.79. The lowest BCUT2D eigenvalue weighted by atomic mass is 10.1. The molecule has 3 rings (SSSR count). The van der Waals surface area contributed by atoms with Crippen LogP contribution in [0.1, 0.15) is 11.7 Å². The molecule has 1 aliphatic heterocycles. The van der Waals surface area contributed by atoms with Gasteiger partial charge in [0.05, 0.1) is 17.6 Å². The number of hydrogen-bond donors (Lipinski definition) is 0. The van der Waals surface area contributed by atoms with Crippen molar-refractivity contribution in [3.8, 4) is 0 Å². The number of rotatable bonds is 3. The van der Waals surface area contributed by atoms with Crippen molar-refractivity contribution in [3.63, 3.8) is 0 Å². The highest BCUT2D eigenvalue weighted by Gasteiger charge is 2.32. The van der Waals surface area contributed by atoms with Crippen LogP contribution in [0.2, 0.25) is 10.0 Å². The van der Waals surface area contributed by atoms with Crippen molar-refractivity contribution in [1.82, 2.24) is 4.31 Å². The van der Waals surface area contributed by atoms with Crippen molar-refractivity contribution in [2.75, 3.05) is 19.7 Å². The Bertz CT molecular complexity index is 840. The van der Waals surface area contributed by atoms with Crippen LogP contribution >= 0.6 is 39.1 Å². The summed E-state index contributed by atoms with van der Waals surface area (Å²) in [7, 11) is -3.61. The number of sulfonamides is 1. The van der Waals surface area contributed by atoms with Crippen molar-refractivity contribution in [3.05, 3.63) is 62.5 Å². The van der Waals surface area contributed by atoms with Crippen LogP contribution in [0, 0.1) is 0 Å². The topological polar surface area (TPSA) is 46.6 Å². The highest BCUT2D eigenvalue weighted by Crippen LogP contribution is 2.31. The van der Waals surface area contributed by atoms with E-state index in [0.717, 1.165) is 5.56 Å². The lowest BCUT2D eigenvalue weighted by molar-refractivity contribution is -0.00255. The second-order valence-electron chi connectivity index (χ2n) is 5.36. The van der Waals surface area contributed by atoms with Crippen LogP contribution in [0.3, 0.4) is 0 Å². The average Bonchev–Trinajstić information content (AvgIpc) is 2.54. The molecule has 8 heteroatoms. The smallest absolute Gasteiger partial charge is 0.244 e. The Hall–Kier alpha value is -0.630. The van der Waals surface area contributed by atoms with Crippen LogP contribution in [0.5, 0.6) is 0 Å². The molecule has 2 aromatic carbocycles. The van der Waals surface area contributed by atoms with Gasteiger partial charge in [-0.1, -0.05) is 35.3 Å². The lowest BCUT2D eigenvalue weighted by Crippen LogP contribution is -2.42. The number of morpholine rings is 1. The number of ether oxygens (including phenoxy) is 1. The summed E-state index contributed by atoms with van der Waals surface area (Å²) < 4.78 is 33.5. The van der Waals surface area contributed by atoms with E-state index >= 15 is 0 Å². The van der Waals surface area contributed by atoms with Crippen molar-refractivity contribution >= 4 is 49.2 Å². The molecule has 24 heavy (non-hydrogen) atoms. The average molecular weight is 451 g/mol. The zero-order chi connectivity index (χ0) is 17.3. The number of benzene rings is 2. The molecule has 0 N–H and O–H groups in total. The molecule has 0 bridgehead atoms. The molecule has 2 aromatic rings. The molecule has 0 unspecified atom stereocenters. The molecule has 4 nitrogen and oxygen atoms in total. The first-order chi connectivity index (χ1) is 11.4.